The van der Waals surface area contributed by atoms with E-state index in [1.807, 2.05) is 24.8 Å². The molecule has 1 aliphatic heterocycles. The minimum absolute atomic E-state index is 0.0903. The Balaban J connectivity index is 1.53. The highest BCUT2D eigenvalue weighted by atomic mass is 16.5. The molecule has 1 fully saturated rings. The van der Waals surface area contributed by atoms with Crippen molar-refractivity contribution in [1.82, 2.24) is 25.1 Å². The summed E-state index contributed by atoms with van der Waals surface area (Å²) in [5.74, 6) is 1.64. The molecular weight excluding hydrogens is 334 g/mol. The van der Waals surface area contributed by atoms with Crippen molar-refractivity contribution in [2.75, 3.05) is 26.3 Å². The van der Waals surface area contributed by atoms with Crippen LogP contribution in [-0.2, 0) is 22.4 Å². The molecule has 8 heteroatoms. The van der Waals surface area contributed by atoms with Crippen molar-refractivity contribution >= 4 is 5.91 Å². The fraction of sp³-hybridized carbons (Fsp3) is 0.611. The number of nitrogens with zero attached hydrogens (tertiary/aromatic N) is 5. The molecule has 1 amide bonds. The van der Waals surface area contributed by atoms with Gasteiger partial charge in [0.15, 0.2) is 0 Å². The zero-order valence-electron chi connectivity index (χ0n) is 15.3. The maximum Gasteiger partial charge on any atom is 0.223 e. The van der Waals surface area contributed by atoms with Crippen LogP contribution in [0.2, 0.25) is 0 Å². The number of rotatable bonds is 6. The first kappa shape index (κ1) is 18.4. The van der Waals surface area contributed by atoms with Gasteiger partial charge in [-0.2, -0.15) is 0 Å². The Hall–Kier alpha value is -2.35. The second-order valence-corrected chi connectivity index (χ2v) is 6.87. The predicted molar refractivity (Wildman–Crippen MR) is 93.3 cm³/mol. The first-order valence-electron chi connectivity index (χ1n) is 9.04. The molecule has 1 atom stereocenters. The van der Waals surface area contributed by atoms with Gasteiger partial charge in [-0.1, -0.05) is 13.8 Å². The number of hydrogen-bond donors (Lipinski definition) is 0. The van der Waals surface area contributed by atoms with E-state index in [0.717, 1.165) is 12.1 Å². The average molecular weight is 359 g/mol. The van der Waals surface area contributed by atoms with Crippen molar-refractivity contribution in [1.29, 1.82) is 0 Å². The van der Waals surface area contributed by atoms with Gasteiger partial charge in [-0.05, 0) is 12.5 Å². The van der Waals surface area contributed by atoms with E-state index >= 15 is 0 Å². The lowest BCUT2D eigenvalue weighted by molar-refractivity contribution is -0.131. The number of hydrogen-bond acceptors (Lipinski definition) is 7. The highest BCUT2D eigenvalue weighted by molar-refractivity contribution is 5.76. The number of carbonyl (C=O) groups is 1. The zero-order chi connectivity index (χ0) is 18.4. The number of aromatic nitrogens is 4. The molecule has 1 unspecified atom stereocenters. The van der Waals surface area contributed by atoms with Crippen LogP contribution in [0.15, 0.2) is 23.0 Å². The van der Waals surface area contributed by atoms with Gasteiger partial charge in [0.25, 0.3) is 0 Å². The molecule has 8 nitrogen and oxygen atoms in total. The van der Waals surface area contributed by atoms with Crippen LogP contribution in [0.3, 0.4) is 0 Å². The first-order valence-corrected chi connectivity index (χ1v) is 9.04. The van der Waals surface area contributed by atoms with Gasteiger partial charge in [0.05, 0.1) is 13.2 Å². The summed E-state index contributed by atoms with van der Waals surface area (Å²) in [6.07, 6.45) is 4.88. The van der Waals surface area contributed by atoms with Crippen LogP contribution in [-0.4, -0.2) is 57.3 Å². The Kier molecular flexibility index (Phi) is 6.27. The average Bonchev–Trinajstić information content (AvgIpc) is 3.00. The molecule has 0 aliphatic carbocycles. The number of ether oxygens (including phenoxy) is 1. The van der Waals surface area contributed by atoms with Crippen LogP contribution in [0.5, 0.6) is 0 Å². The quantitative estimate of drug-likeness (QED) is 0.774. The van der Waals surface area contributed by atoms with Crippen LogP contribution in [0, 0.1) is 5.92 Å². The minimum atomic E-state index is 0.0903. The lowest BCUT2D eigenvalue weighted by Crippen LogP contribution is -2.36. The maximum atomic E-state index is 12.6. The summed E-state index contributed by atoms with van der Waals surface area (Å²) < 4.78 is 11.2. The van der Waals surface area contributed by atoms with Gasteiger partial charge >= 0.3 is 0 Å². The minimum Gasteiger partial charge on any atom is -0.425 e. The van der Waals surface area contributed by atoms with Gasteiger partial charge in [0.1, 0.15) is 6.33 Å². The Morgan fingerprint density at radius 2 is 2.27 bits per heavy atom. The monoisotopic (exact) mass is 359 g/mol. The molecular formula is C18H25N5O3. The second-order valence-electron chi connectivity index (χ2n) is 6.87. The molecule has 0 aromatic carbocycles. The van der Waals surface area contributed by atoms with E-state index < -0.39 is 0 Å². The highest BCUT2D eigenvalue weighted by Crippen LogP contribution is 2.15. The van der Waals surface area contributed by atoms with E-state index in [1.54, 1.807) is 12.5 Å². The van der Waals surface area contributed by atoms with Gasteiger partial charge in [0, 0.05) is 49.7 Å². The van der Waals surface area contributed by atoms with E-state index in [-0.39, 0.29) is 17.7 Å². The summed E-state index contributed by atoms with van der Waals surface area (Å²) in [7, 11) is 0. The summed E-state index contributed by atoms with van der Waals surface area (Å²) >= 11 is 0. The maximum absolute atomic E-state index is 12.6. The molecule has 2 aromatic heterocycles. The molecule has 0 bridgehead atoms. The van der Waals surface area contributed by atoms with Crippen LogP contribution >= 0.6 is 0 Å². The standard InChI is InChI=1S/C18H25N5O3/c1-13(2)18-22-21-16(26-18)3-4-17(24)23-7-8-25-11-14(10-23)9-15-5-6-19-12-20-15/h5-6,12-14H,3-4,7-11H2,1-2H3. The lowest BCUT2D eigenvalue weighted by Gasteiger charge is -2.23. The van der Waals surface area contributed by atoms with Gasteiger partial charge in [-0.3, -0.25) is 4.79 Å². The fourth-order valence-electron chi connectivity index (χ4n) is 2.94. The summed E-state index contributed by atoms with van der Waals surface area (Å²) in [6.45, 7) is 6.47. The van der Waals surface area contributed by atoms with Crippen molar-refractivity contribution in [3.8, 4) is 0 Å². The molecule has 140 valence electrons. The van der Waals surface area contributed by atoms with Gasteiger partial charge in [0.2, 0.25) is 17.7 Å². The lowest BCUT2D eigenvalue weighted by atomic mass is 10.0. The molecule has 0 radical (unpaired) electrons. The summed E-state index contributed by atoms with van der Waals surface area (Å²) in [5, 5.41) is 8.02. The largest absolute Gasteiger partial charge is 0.425 e. The molecule has 3 heterocycles. The van der Waals surface area contributed by atoms with Crippen LogP contribution < -0.4 is 0 Å². The Morgan fingerprint density at radius 3 is 3.00 bits per heavy atom. The summed E-state index contributed by atoms with van der Waals surface area (Å²) in [5.41, 5.74) is 0.968. The fourth-order valence-corrected chi connectivity index (χ4v) is 2.94. The topological polar surface area (TPSA) is 94.2 Å². The molecule has 1 saturated heterocycles. The van der Waals surface area contributed by atoms with Gasteiger partial charge in [-0.25, -0.2) is 9.97 Å². The van der Waals surface area contributed by atoms with E-state index in [2.05, 4.69) is 20.2 Å². The van der Waals surface area contributed by atoms with Gasteiger partial charge in [-0.15, -0.1) is 10.2 Å². The van der Waals surface area contributed by atoms with Crippen molar-refractivity contribution in [2.45, 2.75) is 39.0 Å². The summed E-state index contributed by atoms with van der Waals surface area (Å²) in [4.78, 5) is 22.7. The molecule has 26 heavy (non-hydrogen) atoms. The first-order chi connectivity index (χ1) is 12.6. The van der Waals surface area contributed by atoms with Crippen LogP contribution in [0.4, 0.5) is 0 Å². The molecule has 0 N–H and O–H groups in total. The highest BCUT2D eigenvalue weighted by Gasteiger charge is 2.23. The third-order valence-corrected chi connectivity index (χ3v) is 4.36. The zero-order valence-corrected chi connectivity index (χ0v) is 15.3. The number of aryl methyl sites for hydroxylation is 1. The smallest absolute Gasteiger partial charge is 0.223 e. The molecule has 0 spiro atoms. The SMILES string of the molecule is CC(C)c1nnc(CCC(=O)N2CCOCC(Cc3ccncn3)C2)o1. The Labute approximate surface area is 153 Å². The second kappa shape index (κ2) is 8.84. The number of carbonyl (C=O) groups excluding carboxylic acids is 1. The molecule has 1 aliphatic rings. The van der Waals surface area contributed by atoms with E-state index in [4.69, 9.17) is 9.15 Å². The van der Waals surface area contributed by atoms with E-state index in [9.17, 15) is 4.79 Å². The van der Waals surface area contributed by atoms with Crippen molar-refractivity contribution in [3.05, 3.63) is 36.1 Å². The van der Waals surface area contributed by atoms with E-state index in [1.165, 1.54) is 0 Å². The van der Waals surface area contributed by atoms with E-state index in [0.29, 0.717) is 50.9 Å². The van der Waals surface area contributed by atoms with Gasteiger partial charge < -0.3 is 14.1 Å². The third kappa shape index (κ3) is 5.08. The number of amides is 1. The normalized spacial score (nSPS) is 18.1. The van der Waals surface area contributed by atoms with Crippen molar-refractivity contribution in [2.24, 2.45) is 5.92 Å². The predicted octanol–water partition coefficient (Wildman–Crippen LogP) is 1.63. The van der Waals surface area contributed by atoms with Crippen molar-refractivity contribution < 1.29 is 13.9 Å². The Bertz CT molecular complexity index is 704. The van der Waals surface area contributed by atoms with Crippen LogP contribution in [0.25, 0.3) is 0 Å². The van der Waals surface area contributed by atoms with Crippen molar-refractivity contribution in [3.63, 3.8) is 0 Å². The summed E-state index contributed by atoms with van der Waals surface area (Å²) in [6, 6.07) is 1.90. The molecule has 3 rings (SSSR count). The van der Waals surface area contributed by atoms with Crippen LogP contribution in [0.1, 0.15) is 43.7 Å². The molecule has 2 aromatic rings. The molecule has 0 saturated carbocycles. The third-order valence-electron chi connectivity index (χ3n) is 4.36. The Morgan fingerprint density at radius 1 is 1.38 bits per heavy atom.